The van der Waals surface area contributed by atoms with Gasteiger partial charge in [0.25, 0.3) is 0 Å². The summed E-state index contributed by atoms with van der Waals surface area (Å²) in [5, 5.41) is 3.65. The Bertz CT molecular complexity index is 582. The zero-order valence-corrected chi connectivity index (χ0v) is 15.2. The summed E-state index contributed by atoms with van der Waals surface area (Å²) in [7, 11) is 1.73. The van der Waals surface area contributed by atoms with Crippen molar-refractivity contribution in [2.75, 3.05) is 13.7 Å². The maximum atomic E-state index is 5.58. The van der Waals surface area contributed by atoms with E-state index in [1.807, 2.05) is 17.4 Å². The number of hydrogen-bond donors (Lipinski definition) is 1. The molecule has 114 valence electrons. The van der Waals surface area contributed by atoms with Crippen molar-refractivity contribution in [3.63, 3.8) is 0 Å². The smallest absolute Gasteiger partial charge is 0.125 e. The molecule has 1 unspecified atom stereocenters. The SMILES string of the molecule is CCCNC(c1ccc(CC)s1)c1ccc(Br)cc1OC. The number of ether oxygens (including phenoxy) is 1. The highest BCUT2D eigenvalue weighted by atomic mass is 79.9. The first-order chi connectivity index (χ1) is 10.2. The number of halogens is 1. The lowest BCUT2D eigenvalue weighted by atomic mass is 10.0. The second-order valence-electron chi connectivity index (χ2n) is 4.93. The summed E-state index contributed by atoms with van der Waals surface area (Å²) < 4.78 is 6.62. The van der Waals surface area contributed by atoms with Crippen LogP contribution in [0.25, 0.3) is 0 Å². The lowest BCUT2D eigenvalue weighted by Crippen LogP contribution is -2.22. The fraction of sp³-hybridized carbons (Fsp3) is 0.412. The zero-order valence-electron chi connectivity index (χ0n) is 12.8. The summed E-state index contributed by atoms with van der Waals surface area (Å²) in [5.41, 5.74) is 1.19. The molecule has 0 amide bonds. The third-order valence-electron chi connectivity index (χ3n) is 3.42. The molecule has 0 bridgehead atoms. The molecule has 1 atom stereocenters. The lowest BCUT2D eigenvalue weighted by molar-refractivity contribution is 0.404. The van der Waals surface area contributed by atoms with Crippen LogP contribution < -0.4 is 10.1 Å². The van der Waals surface area contributed by atoms with Gasteiger partial charge in [-0.2, -0.15) is 0 Å². The van der Waals surface area contributed by atoms with Gasteiger partial charge in [0.05, 0.1) is 13.2 Å². The van der Waals surface area contributed by atoms with E-state index in [1.165, 1.54) is 15.3 Å². The standard InChI is InChI=1S/C17H22BrNOS/c1-4-10-19-17(16-9-7-13(5-2)21-16)14-8-6-12(18)11-15(14)20-3/h6-9,11,17,19H,4-5,10H2,1-3H3. The van der Waals surface area contributed by atoms with Crippen LogP contribution in [-0.4, -0.2) is 13.7 Å². The molecule has 1 heterocycles. The van der Waals surface area contributed by atoms with E-state index in [2.05, 4.69) is 59.4 Å². The van der Waals surface area contributed by atoms with Gasteiger partial charge in [0, 0.05) is 19.8 Å². The first-order valence-electron chi connectivity index (χ1n) is 7.35. The molecule has 0 saturated carbocycles. The largest absolute Gasteiger partial charge is 0.496 e. The third kappa shape index (κ3) is 4.09. The Morgan fingerprint density at radius 3 is 2.67 bits per heavy atom. The van der Waals surface area contributed by atoms with Crippen LogP contribution in [0.5, 0.6) is 5.75 Å². The van der Waals surface area contributed by atoms with E-state index in [1.54, 1.807) is 7.11 Å². The quantitative estimate of drug-likeness (QED) is 0.728. The van der Waals surface area contributed by atoms with E-state index in [9.17, 15) is 0 Å². The normalized spacial score (nSPS) is 12.4. The van der Waals surface area contributed by atoms with E-state index >= 15 is 0 Å². The Morgan fingerprint density at radius 1 is 1.24 bits per heavy atom. The van der Waals surface area contributed by atoms with Crippen LogP contribution in [0.15, 0.2) is 34.8 Å². The van der Waals surface area contributed by atoms with E-state index in [-0.39, 0.29) is 6.04 Å². The van der Waals surface area contributed by atoms with Gasteiger partial charge in [-0.25, -0.2) is 0 Å². The van der Waals surface area contributed by atoms with Crippen molar-refractivity contribution < 1.29 is 4.74 Å². The van der Waals surface area contributed by atoms with Crippen LogP contribution in [0.3, 0.4) is 0 Å². The predicted molar refractivity (Wildman–Crippen MR) is 94.5 cm³/mol. The summed E-state index contributed by atoms with van der Waals surface area (Å²) in [6, 6.07) is 10.9. The van der Waals surface area contributed by atoms with Crippen LogP contribution in [0.1, 0.15) is 41.6 Å². The fourth-order valence-electron chi connectivity index (χ4n) is 2.32. The molecule has 1 aromatic heterocycles. The van der Waals surface area contributed by atoms with Crippen LogP contribution >= 0.6 is 27.3 Å². The van der Waals surface area contributed by atoms with Gasteiger partial charge in [-0.1, -0.05) is 35.8 Å². The van der Waals surface area contributed by atoms with Crippen LogP contribution in [0.4, 0.5) is 0 Å². The zero-order chi connectivity index (χ0) is 15.2. The molecule has 0 aliphatic rings. The Balaban J connectivity index is 2.39. The van der Waals surface area contributed by atoms with Crippen molar-refractivity contribution >= 4 is 27.3 Å². The first kappa shape index (κ1) is 16.5. The maximum absolute atomic E-state index is 5.58. The summed E-state index contributed by atoms with van der Waals surface area (Å²) in [5.74, 6) is 0.921. The van der Waals surface area contributed by atoms with Gasteiger partial charge in [-0.3, -0.25) is 0 Å². The van der Waals surface area contributed by atoms with Gasteiger partial charge in [-0.05, 0) is 43.7 Å². The molecule has 4 heteroatoms. The highest BCUT2D eigenvalue weighted by molar-refractivity contribution is 9.10. The molecule has 0 aliphatic carbocycles. The van der Waals surface area contributed by atoms with E-state index in [0.29, 0.717) is 0 Å². The van der Waals surface area contributed by atoms with Crippen molar-refractivity contribution in [3.05, 3.63) is 50.1 Å². The minimum atomic E-state index is 0.193. The second kappa shape index (κ2) is 7.97. The predicted octanol–water partition coefficient (Wildman–Crippen LogP) is 5.17. The molecule has 2 rings (SSSR count). The average Bonchev–Trinajstić information content (AvgIpc) is 2.97. The third-order valence-corrected chi connectivity index (χ3v) is 5.21. The van der Waals surface area contributed by atoms with Gasteiger partial charge in [0.2, 0.25) is 0 Å². The van der Waals surface area contributed by atoms with Crippen molar-refractivity contribution in [1.82, 2.24) is 5.32 Å². The molecular formula is C17H22BrNOS. The molecule has 2 aromatic rings. The van der Waals surface area contributed by atoms with Gasteiger partial charge in [0.1, 0.15) is 5.75 Å². The second-order valence-corrected chi connectivity index (χ2v) is 7.05. The highest BCUT2D eigenvalue weighted by Crippen LogP contribution is 2.35. The van der Waals surface area contributed by atoms with Crippen LogP contribution in [0, 0.1) is 0 Å². The Kier molecular flexibility index (Phi) is 6.27. The van der Waals surface area contributed by atoms with Crippen molar-refractivity contribution in [3.8, 4) is 5.75 Å². The van der Waals surface area contributed by atoms with Crippen molar-refractivity contribution in [1.29, 1.82) is 0 Å². The number of rotatable bonds is 7. The molecule has 21 heavy (non-hydrogen) atoms. The summed E-state index contributed by atoms with van der Waals surface area (Å²) in [6.07, 6.45) is 2.20. The molecule has 0 saturated heterocycles. The number of hydrogen-bond acceptors (Lipinski definition) is 3. The Labute approximate surface area is 139 Å². The van der Waals surface area contributed by atoms with Gasteiger partial charge >= 0.3 is 0 Å². The maximum Gasteiger partial charge on any atom is 0.125 e. The van der Waals surface area contributed by atoms with Crippen molar-refractivity contribution in [2.45, 2.75) is 32.7 Å². The van der Waals surface area contributed by atoms with Gasteiger partial charge in [-0.15, -0.1) is 11.3 Å². The van der Waals surface area contributed by atoms with E-state index in [4.69, 9.17) is 4.74 Å². The molecule has 0 fully saturated rings. The molecular weight excluding hydrogens is 346 g/mol. The number of thiophene rings is 1. The number of benzene rings is 1. The average molecular weight is 368 g/mol. The fourth-order valence-corrected chi connectivity index (χ4v) is 3.70. The van der Waals surface area contributed by atoms with Gasteiger partial charge < -0.3 is 10.1 Å². The number of methoxy groups -OCH3 is 1. The monoisotopic (exact) mass is 367 g/mol. The van der Waals surface area contributed by atoms with Gasteiger partial charge in [0.15, 0.2) is 0 Å². The first-order valence-corrected chi connectivity index (χ1v) is 8.96. The van der Waals surface area contributed by atoms with E-state index < -0.39 is 0 Å². The van der Waals surface area contributed by atoms with Crippen LogP contribution in [0.2, 0.25) is 0 Å². The van der Waals surface area contributed by atoms with Crippen molar-refractivity contribution in [2.24, 2.45) is 0 Å². The molecule has 0 radical (unpaired) electrons. The summed E-state index contributed by atoms with van der Waals surface area (Å²) in [6.45, 7) is 5.38. The minimum Gasteiger partial charge on any atom is -0.496 e. The molecule has 2 nitrogen and oxygen atoms in total. The Hall–Kier alpha value is -0.840. The topological polar surface area (TPSA) is 21.3 Å². The van der Waals surface area contributed by atoms with E-state index in [0.717, 1.165) is 29.6 Å². The van der Waals surface area contributed by atoms with Crippen LogP contribution in [-0.2, 0) is 6.42 Å². The highest BCUT2D eigenvalue weighted by Gasteiger charge is 2.19. The summed E-state index contributed by atoms with van der Waals surface area (Å²) in [4.78, 5) is 2.77. The number of aryl methyl sites for hydroxylation is 1. The molecule has 0 spiro atoms. The lowest BCUT2D eigenvalue weighted by Gasteiger charge is -2.20. The minimum absolute atomic E-state index is 0.193. The number of nitrogens with one attached hydrogen (secondary N) is 1. The molecule has 0 aliphatic heterocycles. The molecule has 1 N–H and O–H groups in total. The summed E-state index contributed by atoms with van der Waals surface area (Å²) >= 11 is 5.39. The Morgan fingerprint density at radius 2 is 2.05 bits per heavy atom. The molecule has 1 aromatic carbocycles.